The van der Waals surface area contributed by atoms with Crippen molar-refractivity contribution in [3.05, 3.63) is 78.2 Å². The predicted molar refractivity (Wildman–Crippen MR) is 135 cm³/mol. The van der Waals surface area contributed by atoms with Crippen molar-refractivity contribution in [2.24, 2.45) is 14.1 Å². The van der Waals surface area contributed by atoms with E-state index in [0.717, 1.165) is 45.1 Å². The Labute approximate surface area is 193 Å². The van der Waals surface area contributed by atoms with Crippen LogP contribution in [0.4, 0.5) is 11.6 Å². The Balaban J connectivity index is 1.52. The molecule has 0 amide bonds. The molecular formula is C27H28N6. The number of aromatic nitrogens is 5. The molecule has 33 heavy (non-hydrogen) atoms. The molecule has 0 unspecified atom stereocenters. The Morgan fingerprint density at radius 3 is 2.39 bits per heavy atom. The summed E-state index contributed by atoms with van der Waals surface area (Å²) in [5.74, 6) is 2.29. The van der Waals surface area contributed by atoms with Crippen molar-refractivity contribution in [3.8, 4) is 22.4 Å². The van der Waals surface area contributed by atoms with Crippen molar-refractivity contribution >= 4 is 22.7 Å². The van der Waals surface area contributed by atoms with Gasteiger partial charge in [0.05, 0.1) is 11.0 Å². The molecule has 4 heterocycles. The smallest absolute Gasteiger partial charge is 0.132 e. The van der Waals surface area contributed by atoms with Gasteiger partial charge in [0, 0.05) is 49.4 Å². The molecule has 1 N–H and O–H groups in total. The van der Waals surface area contributed by atoms with Gasteiger partial charge in [-0.2, -0.15) is 5.10 Å². The summed E-state index contributed by atoms with van der Waals surface area (Å²) < 4.78 is 3.95. The molecule has 5 aromatic rings. The van der Waals surface area contributed by atoms with Gasteiger partial charge in [0.25, 0.3) is 0 Å². The second-order valence-corrected chi connectivity index (χ2v) is 8.94. The minimum atomic E-state index is 0.477. The molecule has 0 atom stereocenters. The highest BCUT2D eigenvalue weighted by Gasteiger charge is 2.14. The molecule has 166 valence electrons. The second kappa shape index (κ2) is 8.20. The Morgan fingerprint density at radius 1 is 0.879 bits per heavy atom. The van der Waals surface area contributed by atoms with Crippen LogP contribution in [0.2, 0.25) is 0 Å². The summed E-state index contributed by atoms with van der Waals surface area (Å²) in [6, 6.07) is 16.7. The number of anilines is 2. The molecule has 0 aliphatic rings. The molecule has 0 saturated carbocycles. The Morgan fingerprint density at radius 2 is 1.67 bits per heavy atom. The van der Waals surface area contributed by atoms with Crippen LogP contribution in [0.5, 0.6) is 0 Å². The molecule has 0 saturated heterocycles. The number of aryl methyl sites for hydroxylation is 3. The molecule has 6 heteroatoms. The summed E-state index contributed by atoms with van der Waals surface area (Å²) in [5.41, 5.74) is 8.30. The van der Waals surface area contributed by atoms with Crippen molar-refractivity contribution in [1.82, 2.24) is 24.3 Å². The average molecular weight is 437 g/mol. The number of fused-ring (bicyclic) bond motifs is 1. The van der Waals surface area contributed by atoms with Gasteiger partial charge in [-0.3, -0.25) is 9.67 Å². The topological polar surface area (TPSA) is 60.6 Å². The van der Waals surface area contributed by atoms with Gasteiger partial charge in [-0.15, -0.1) is 0 Å². The summed E-state index contributed by atoms with van der Waals surface area (Å²) in [4.78, 5) is 9.53. The maximum absolute atomic E-state index is 4.86. The zero-order chi connectivity index (χ0) is 23.1. The predicted octanol–water partition coefficient (Wildman–Crippen LogP) is 6.21. The number of pyridine rings is 2. The van der Waals surface area contributed by atoms with Crippen LogP contribution < -0.4 is 5.32 Å². The van der Waals surface area contributed by atoms with Gasteiger partial charge in [-0.25, -0.2) is 4.98 Å². The molecule has 0 bridgehead atoms. The minimum Gasteiger partial charge on any atom is -0.337 e. The fourth-order valence-corrected chi connectivity index (χ4v) is 4.01. The van der Waals surface area contributed by atoms with Gasteiger partial charge in [0.2, 0.25) is 0 Å². The van der Waals surface area contributed by atoms with Crippen LogP contribution >= 0.6 is 0 Å². The van der Waals surface area contributed by atoms with E-state index in [1.165, 1.54) is 11.1 Å². The lowest BCUT2D eigenvalue weighted by Gasteiger charge is -2.08. The van der Waals surface area contributed by atoms with E-state index in [2.05, 4.69) is 78.2 Å². The molecule has 0 aliphatic carbocycles. The minimum absolute atomic E-state index is 0.477. The normalized spacial score (nSPS) is 11.5. The van der Waals surface area contributed by atoms with Gasteiger partial charge in [0.1, 0.15) is 17.3 Å². The highest BCUT2D eigenvalue weighted by atomic mass is 15.3. The third-order valence-electron chi connectivity index (χ3n) is 5.95. The Bertz CT molecular complexity index is 1440. The van der Waals surface area contributed by atoms with Crippen molar-refractivity contribution in [2.75, 3.05) is 5.32 Å². The molecule has 1 aromatic carbocycles. The van der Waals surface area contributed by atoms with Gasteiger partial charge in [-0.1, -0.05) is 43.7 Å². The van der Waals surface area contributed by atoms with E-state index in [0.29, 0.717) is 5.92 Å². The Kier molecular flexibility index (Phi) is 5.21. The monoisotopic (exact) mass is 436 g/mol. The largest absolute Gasteiger partial charge is 0.337 e. The summed E-state index contributed by atoms with van der Waals surface area (Å²) >= 11 is 0. The highest BCUT2D eigenvalue weighted by molar-refractivity contribution is 5.86. The number of nitrogens with one attached hydrogen (secondary N) is 1. The van der Waals surface area contributed by atoms with Gasteiger partial charge < -0.3 is 9.88 Å². The van der Waals surface area contributed by atoms with E-state index in [1.807, 2.05) is 43.3 Å². The third-order valence-corrected chi connectivity index (χ3v) is 5.95. The quantitative estimate of drug-likeness (QED) is 0.356. The molecule has 0 aliphatic heterocycles. The number of benzene rings is 1. The highest BCUT2D eigenvalue weighted by Crippen LogP contribution is 2.32. The molecule has 0 radical (unpaired) electrons. The number of nitrogens with zero attached hydrogens (tertiary/aromatic N) is 5. The maximum atomic E-state index is 4.86. The first kappa shape index (κ1) is 20.9. The molecular weight excluding hydrogens is 408 g/mol. The SMILES string of the molecule is Cc1ccc(-c2nn(C)cc2-c2cnc3ccc(Nc4cc(C(C)C)cn4C)nc3c2)cc1. The van der Waals surface area contributed by atoms with Crippen LogP contribution in [0.15, 0.2) is 67.1 Å². The average Bonchev–Trinajstić information content (AvgIpc) is 3.36. The fraction of sp³-hybridized carbons (Fsp3) is 0.222. The summed E-state index contributed by atoms with van der Waals surface area (Å²) in [5, 5.41) is 8.17. The van der Waals surface area contributed by atoms with Crippen LogP contribution in [0.1, 0.15) is 30.9 Å². The zero-order valence-corrected chi connectivity index (χ0v) is 19.7. The van der Waals surface area contributed by atoms with Crippen molar-refractivity contribution in [1.29, 1.82) is 0 Å². The van der Waals surface area contributed by atoms with E-state index in [-0.39, 0.29) is 0 Å². The van der Waals surface area contributed by atoms with Crippen molar-refractivity contribution < 1.29 is 0 Å². The first-order valence-electron chi connectivity index (χ1n) is 11.2. The van der Waals surface area contributed by atoms with Crippen molar-refractivity contribution in [2.45, 2.75) is 26.7 Å². The van der Waals surface area contributed by atoms with Gasteiger partial charge in [0.15, 0.2) is 0 Å². The molecule has 6 nitrogen and oxygen atoms in total. The summed E-state index contributed by atoms with van der Waals surface area (Å²) in [6.45, 7) is 6.49. The van der Waals surface area contributed by atoms with E-state index in [4.69, 9.17) is 10.1 Å². The second-order valence-electron chi connectivity index (χ2n) is 8.94. The summed E-state index contributed by atoms with van der Waals surface area (Å²) in [7, 11) is 3.99. The van der Waals surface area contributed by atoms with Crippen LogP contribution in [-0.4, -0.2) is 24.3 Å². The van der Waals surface area contributed by atoms with Crippen LogP contribution in [0.25, 0.3) is 33.4 Å². The third kappa shape index (κ3) is 4.12. The first-order chi connectivity index (χ1) is 15.9. The van der Waals surface area contributed by atoms with Gasteiger partial charge >= 0.3 is 0 Å². The number of hydrogen-bond donors (Lipinski definition) is 1. The van der Waals surface area contributed by atoms with Crippen LogP contribution in [0, 0.1) is 6.92 Å². The van der Waals surface area contributed by atoms with E-state index in [9.17, 15) is 0 Å². The molecule has 4 aromatic heterocycles. The molecule has 5 rings (SSSR count). The van der Waals surface area contributed by atoms with E-state index >= 15 is 0 Å². The standard InChI is InChI=1S/C27H28N6/c1-17(2)21-13-26(32(4)15-21)30-25-11-10-23-24(29-25)12-20(14-28-23)22-16-33(5)31-27(22)19-8-6-18(3)7-9-19/h6-17H,1-5H3,(H,29,30). The lowest BCUT2D eigenvalue weighted by atomic mass is 10.0. The van der Waals surface area contributed by atoms with Crippen molar-refractivity contribution in [3.63, 3.8) is 0 Å². The number of rotatable bonds is 5. The summed E-state index contributed by atoms with van der Waals surface area (Å²) in [6.07, 6.45) is 6.10. The Hall–Kier alpha value is -3.93. The van der Waals surface area contributed by atoms with E-state index in [1.54, 1.807) is 0 Å². The lowest BCUT2D eigenvalue weighted by molar-refractivity contribution is 0.771. The van der Waals surface area contributed by atoms with Crippen LogP contribution in [0.3, 0.4) is 0 Å². The molecule has 0 spiro atoms. The van der Waals surface area contributed by atoms with Crippen LogP contribution in [-0.2, 0) is 14.1 Å². The van der Waals surface area contributed by atoms with Gasteiger partial charge in [-0.05, 0) is 42.7 Å². The zero-order valence-electron chi connectivity index (χ0n) is 19.7. The van der Waals surface area contributed by atoms with E-state index < -0.39 is 0 Å². The molecule has 0 fully saturated rings. The first-order valence-corrected chi connectivity index (χ1v) is 11.2. The lowest BCUT2D eigenvalue weighted by Crippen LogP contribution is -1.99. The number of hydrogen-bond acceptors (Lipinski definition) is 4. The maximum Gasteiger partial charge on any atom is 0.132 e. The fourth-order valence-electron chi connectivity index (χ4n) is 4.01.